The van der Waals surface area contributed by atoms with E-state index >= 15 is 0 Å². The monoisotopic (exact) mass is 148 g/mol. The van der Waals surface area contributed by atoms with Crippen molar-refractivity contribution < 1.29 is 4.79 Å². The van der Waals surface area contributed by atoms with Gasteiger partial charge in [-0.15, -0.1) is 0 Å². The Kier molecular flexibility index (Phi) is 0.961. The molecule has 0 spiro atoms. The van der Waals surface area contributed by atoms with Crippen LogP contribution < -0.4 is 0 Å². The Morgan fingerprint density at radius 2 is 1.91 bits per heavy atom. The summed E-state index contributed by atoms with van der Waals surface area (Å²) in [6.45, 7) is 0. The molecule has 0 saturated heterocycles. The van der Waals surface area contributed by atoms with Gasteiger partial charge in [0.05, 0.1) is 0 Å². The summed E-state index contributed by atoms with van der Waals surface area (Å²) in [7, 11) is 0. The fourth-order valence-electron chi connectivity index (χ4n) is 3.07. The van der Waals surface area contributed by atoms with Gasteiger partial charge in [-0.3, -0.25) is 4.79 Å². The van der Waals surface area contributed by atoms with Crippen LogP contribution >= 0.6 is 0 Å². The molecule has 0 heterocycles. The highest BCUT2D eigenvalue weighted by Gasteiger charge is 2.51. The predicted molar refractivity (Wildman–Crippen MR) is 42.0 cm³/mol. The molecule has 1 nitrogen and oxygen atoms in total. The Morgan fingerprint density at radius 3 is 2.36 bits per heavy atom. The van der Waals surface area contributed by atoms with E-state index < -0.39 is 0 Å². The van der Waals surface area contributed by atoms with Crippen molar-refractivity contribution >= 4 is 5.78 Å². The molecule has 2 fully saturated rings. The smallest absolute Gasteiger partial charge is 0.137 e. The molecule has 0 radical (unpaired) electrons. The number of allylic oxidation sites excluding steroid dienone is 2. The molecular weight excluding hydrogens is 136 g/mol. The van der Waals surface area contributed by atoms with Gasteiger partial charge in [0.1, 0.15) is 5.78 Å². The molecule has 4 aliphatic carbocycles. The van der Waals surface area contributed by atoms with E-state index in [1.54, 1.807) is 0 Å². The maximum absolute atomic E-state index is 11.2. The van der Waals surface area contributed by atoms with Gasteiger partial charge in [0, 0.05) is 12.3 Å². The van der Waals surface area contributed by atoms with Crippen LogP contribution in [0.4, 0.5) is 0 Å². The summed E-state index contributed by atoms with van der Waals surface area (Å²) in [6, 6.07) is 0. The molecule has 0 aliphatic heterocycles. The predicted octanol–water partition coefficient (Wildman–Crippen LogP) is 1.79. The zero-order valence-electron chi connectivity index (χ0n) is 6.49. The third-order valence-electron chi connectivity index (χ3n) is 3.72. The number of ketones is 1. The summed E-state index contributed by atoms with van der Waals surface area (Å²) in [5.74, 6) is 3.15. The Bertz CT molecular complexity index is 241. The molecule has 11 heavy (non-hydrogen) atoms. The average molecular weight is 148 g/mol. The fourth-order valence-corrected chi connectivity index (χ4v) is 3.07. The maximum atomic E-state index is 11.2. The topological polar surface area (TPSA) is 17.1 Å². The Hall–Kier alpha value is -0.590. The van der Waals surface area contributed by atoms with Crippen LogP contribution in [0.5, 0.6) is 0 Å². The van der Waals surface area contributed by atoms with Gasteiger partial charge in [0.25, 0.3) is 0 Å². The zero-order valence-corrected chi connectivity index (χ0v) is 6.49. The highest BCUT2D eigenvalue weighted by atomic mass is 16.1. The Labute approximate surface area is 66.5 Å². The number of rotatable bonds is 0. The molecule has 0 N–H and O–H groups in total. The summed E-state index contributed by atoms with van der Waals surface area (Å²) >= 11 is 0. The first-order valence-electron chi connectivity index (χ1n) is 4.57. The van der Waals surface area contributed by atoms with Gasteiger partial charge in [-0.05, 0) is 30.6 Å². The van der Waals surface area contributed by atoms with Crippen molar-refractivity contribution in [3.8, 4) is 0 Å². The van der Waals surface area contributed by atoms with Gasteiger partial charge < -0.3 is 0 Å². The molecule has 0 amide bonds. The summed E-state index contributed by atoms with van der Waals surface area (Å²) in [6.07, 6.45) is 8.13. The summed E-state index contributed by atoms with van der Waals surface area (Å²) in [5.41, 5.74) is 0. The molecule has 58 valence electrons. The van der Waals surface area contributed by atoms with E-state index in [-0.39, 0.29) is 0 Å². The van der Waals surface area contributed by atoms with Crippen molar-refractivity contribution in [3.63, 3.8) is 0 Å². The first-order valence-corrected chi connectivity index (χ1v) is 4.57. The first kappa shape index (κ1) is 5.99. The first-order chi connectivity index (χ1) is 5.36. The number of hydrogen-bond donors (Lipinski definition) is 0. The van der Waals surface area contributed by atoms with Crippen LogP contribution in [0.15, 0.2) is 12.2 Å². The van der Waals surface area contributed by atoms with E-state index in [9.17, 15) is 4.79 Å². The molecule has 4 aliphatic rings. The standard InChI is InChI=1S/C10H12O/c11-9-5-8-6-1-3-7(4-2-6)10(8)9/h1,3,6-8,10H,2,4-5H2. The lowest BCUT2D eigenvalue weighted by molar-refractivity contribution is -0.141. The van der Waals surface area contributed by atoms with Crippen LogP contribution in [0.25, 0.3) is 0 Å². The van der Waals surface area contributed by atoms with Crippen LogP contribution in [-0.2, 0) is 4.79 Å². The molecule has 2 bridgehead atoms. The normalized spacial score (nSPS) is 52.2. The highest BCUT2D eigenvalue weighted by Crippen LogP contribution is 2.52. The van der Waals surface area contributed by atoms with Crippen LogP contribution in [0.1, 0.15) is 19.3 Å². The van der Waals surface area contributed by atoms with E-state index in [1.165, 1.54) is 12.8 Å². The van der Waals surface area contributed by atoms with Gasteiger partial charge >= 0.3 is 0 Å². The van der Waals surface area contributed by atoms with Crippen molar-refractivity contribution in [1.82, 2.24) is 0 Å². The van der Waals surface area contributed by atoms with Crippen LogP contribution in [0.2, 0.25) is 0 Å². The molecular formula is C10H12O. The van der Waals surface area contributed by atoms with Gasteiger partial charge in [0.15, 0.2) is 0 Å². The second-order valence-corrected chi connectivity index (χ2v) is 4.15. The minimum Gasteiger partial charge on any atom is -0.299 e. The minimum atomic E-state index is 0.457. The lowest BCUT2D eigenvalue weighted by Crippen LogP contribution is -2.50. The number of carbonyl (C=O) groups excluding carboxylic acids is 1. The fraction of sp³-hybridized carbons (Fsp3) is 0.700. The molecule has 4 rings (SSSR count). The lowest BCUT2D eigenvalue weighted by Gasteiger charge is -2.50. The SMILES string of the molecule is O=C1CC2C3C=CC(CC3)C12. The maximum Gasteiger partial charge on any atom is 0.137 e. The Balaban J connectivity index is 2.00. The number of Topliss-reactive ketones (excluding diaryl/α,β-unsaturated/α-hetero) is 1. The van der Waals surface area contributed by atoms with E-state index in [0.717, 1.165) is 18.3 Å². The summed E-state index contributed by atoms with van der Waals surface area (Å²) in [5, 5.41) is 0. The van der Waals surface area contributed by atoms with Crippen LogP contribution in [0, 0.1) is 23.7 Å². The molecule has 2 saturated carbocycles. The molecule has 4 atom stereocenters. The van der Waals surface area contributed by atoms with Crippen molar-refractivity contribution in [1.29, 1.82) is 0 Å². The van der Waals surface area contributed by atoms with Gasteiger partial charge in [0.2, 0.25) is 0 Å². The minimum absolute atomic E-state index is 0.457. The summed E-state index contributed by atoms with van der Waals surface area (Å²) in [4.78, 5) is 11.2. The van der Waals surface area contributed by atoms with Crippen molar-refractivity contribution in [2.24, 2.45) is 23.7 Å². The zero-order chi connectivity index (χ0) is 7.42. The molecule has 0 aromatic heterocycles. The third kappa shape index (κ3) is 0.597. The second kappa shape index (κ2) is 1.77. The van der Waals surface area contributed by atoms with Gasteiger partial charge in [-0.2, -0.15) is 0 Å². The second-order valence-electron chi connectivity index (χ2n) is 4.15. The van der Waals surface area contributed by atoms with Gasteiger partial charge in [-0.25, -0.2) is 0 Å². The van der Waals surface area contributed by atoms with E-state index in [0.29, 0.717) is 17.6 Å². The quantitative estimate of drug-likeness (QED) is 0.479. The van der Waals surface area contributed by atoms with Crippen LogP contribution in [-0.4, -0.2) is 5.78 Å². The molecule has 1 heteroatoms. The van der Waals surface area contributed by atoms with Crippen molar-refractivity contribution in [3.05, 3.63) is 12.2 Å². The summed E-state index contributed by atoms with van der Waals surface area (Å²) < 4.78 is 0. The van der Waals surface area contributed by atoms with E-state index in [4.69, 9.17) is 0 Å². The third-order valence-corrected chi connectivity index (χ3v) is 3.72. The number of hydrogen-bond acceptors (Lipinski definition) is 1. The van der Waals surface area contributed by atoms with Crippen LogP contribution in [0.3, 0.4) is 0 Å². The number of carbonyl (C=O) groups is 1. The highest BCUT2D eigenvalue weighted by molar-refractivity contribution is 5.88. The Morgan fingerprint density at radius 1 is 1.18 bits per heavy atom. The molecule has 0 aromatic carbocycles. The van der Waals surface area contributed by atoms with E-state index in [1.807, 2.05) is 0 Å². The lowest BCUT2D eigenvalue weighted by atomic mass is 9.52. The van der Waals surface area contributed by atoms with Gasteiger partial charge in [-0.1, -0.05) is 12.2 Å². The van der Waals surface area contributed by atoms with E-state index in [2.05, 4.69) is 12.2 Å². The van der Waals surface area contributed by atoms with Crippen molar-refractivity contribution in [2.45, 2.75) is 19.3 Å². The average Bonchev–Trinajstić information content (AvgIpc) is 2.03. The largest absolute Gasteiger partial charge is 0.299 e. The molecule has 0 aromatic rings. The molecule has 4 unspecified atom stereocenters. The number of fused-ring (bicyclic) bond motifs is 1. The van der Waals surface area contributed by atoms with Crippen molar-refractivity contribution in [2.75, 3.05) is 0 Å².